The van der Waals surface area contributed by atoms with Gasteiger partial charge in [-0.2, -0.15) is 0 Å². The van der Waals surface area contributed by atoms with E-state index < -0.39 is 10.0 Å². The van der Waals surface area contributed by atoms with Crippen molar-refractivity contribution in [2.45, 2.75) is 11.1 Å². The van der Waals surface area contributed by atoms with Crippen LogP contribution in [0.2, 0.25) is 5.02 Å². The SMILES string of the molecule is Cc1ncc(S(=O)(=O)Nc2cc(Br)ccc2Cl)s1. The number of aryl methyl sites for hydroxylation is 1. The van der Waals surface area contributed by atoms with E-state index in [9.17, 15) is 8.42 Å². The van der Waals surface area contributed by atoms with Crippen molar-refractivity contribution in [2.75, 3.05) is 4.72 Å². The van der Waals surface area contributed by atoms with Crippen LogP contribution >= 0.6 is 38.9 Å². The van der Waals surface area contributed by atoms with E-state index >= 15 is 0 Å². The molecule has 1 N–H and O–H groups in total. The Bertz CT molecular complexity index is 685. The number of benzene rings is 1. The number of rotatable bonds is 3. The van der Waals surface area contributed by atoms with Gasteiger partial charge in [0.1, 0.15) is 0 Å². The quantitative estimate of drug-likeness (QED) is 0.900. The van der Waals surface area contributed by atoms with Crippen LogP contribution in [0, 0.1) is 6.92 Å². The lowest BCUT2D eigenvalue weighted by Gasteiger charge is -2.08. The average Bonchev–Trinajstić information content (AvgIpc) is 2.71. The number of thiazole rings is 1. The van der Waals surface area contributed by atoms with Gasteiger partial charge in [-0.1, -0.05) is 27.5 Å². The van der Waals surface area contributed by atoms with Crippen molar-refractivity contribution in [3.63, 3.8) is 0 Å². The highest BCUT2D eigenvalue weighted by Crippen LogP contribution is 2.29. The van der Waals surface area contributed by atoms with Crippen molar-refractivity contribution < 1.29 is 8.42 Å². The van der Waals surface area contributed by atoms with Crippen molar-refractivity contribution >= 4 is 54.6 Å². The molecule has 0 fully saturated rings. The summed E-state index contributed by atoms with van der Waals surface area (Å²) in [6.45, 7) is 1.75. The topological polar surface area (TPSA) is 59.1 Å². The Hall–Kier alpha value is -0.630. The third-order valence-corrected chi connectivity index (χ3v) is 5.60. The number of sulfonamides is 1. The Labute approximate surface area is 122 Å². The number of anilines is 1. The fraction of sp³-hybridized carbons (Fsp3) is 0.100. The summed E-state index contributed by atoms with van der Waals surface area (Å²) in [5.41, 5.74) is 0.331. The Kier molecular flexibility index (Phi) is 3.96. The monoisotopic (exact) mass is 366 g/mol. The number of hydrogen-bond donors (Lipinski definition) is 1. The summed E-state index contributed by atoms with van der Waals surface area (Å²) in [6.07, 6.45) is 1.33. The van der Waals surface area contributed by atoms with E-state index in [2.05, 4.69) is 25.6 Å². The van der Waals surface area contributed by atoms with Crippen LogP contribution in [0.25, 0.3) is 0 Å². The van der Waals surface area contributed by atoms with Crippen molar-refractivity contribution in [1.82, 2.24) is 4.98 Å². The van der Waals surface area contributed by atoms with Crippen molar-refractivity contribution in [1.29, 1.82) is 0 Å². The maximum atomic E-state index is 12.1. The van der Waals surface area contributed by atoms with Gasteiger partial charge in [0.2, 0.25) is 0 Å². The average molecular weight is 368 g/mol. The lowest BCUT2D eigenvalue weighted by Crippen LogP contribution is -2.11. The Balaban J connectivity index is 2.36. The zero-order chi connectivity index (χ0) is 13.3. The molecule has 0 aliphatic carbocycles. The lowest BCUT2D eigenvalue weighted by molar-refractivity contribution is 0.603. The van der Waals surface area contributed by atoms with Crippen LogP contribution < -0.4 is 4.72 Å². The molecule has 1 heterocycles. The molecular formula is C10H8BrClN2O2S2. The van der Waals surface area contributed by atoms with E-state index in [0.717, 1.165) is 15.8 Å². The van der Waals surface area contributed by atoms with E-state index in [4.69, 9.17) is 11.6 Å². The minimum atomic E-state index is -3.63. The summed E-state index contributed by atoms with van der Waals surface area (Å²) in [7, 11) is -3.63. The molecule has 8 heteroatoms. The molecule has 0 radical (unpaired) electrons. The summed E-state index contributed by atoms with van der Waals surface area (Å²) < 4.78 is 27.5. The first-order chi connectivity index (χ1) is 8.38. The van der Waals surface area contributed by atoms with E-state index in [1.165, 1.54) is 6.20 Å². The maximum absolute atomic E-state index is 12.1. The first-order valence-corrected chi connectivity index (χ1v) is 8.26. The van der Waals surface area contributed by atoms with Crippen molar-refractivity contribution in [3.05, 3.63) is 38.9 Å². The van der Waals surface area contributed by atoms with Crippen LogP contribution in [-0.4, -0.2) is 13.4 Å². The van der Waals surface area contributed by atoms with E-state index in [1.807, 2.05) is 0 Å². The summed E-state index contributed by atoms with van der Waals surface area (Å²) >= 11 is 10.3. The van der Waals surface area contributed by atoms with Crippen LogP contribution in [0.5, 0.6) is 0 Å². The molecule has 0 bridgehead atoms. The largest absolute Gasteiger partial charge is 0.277 e. The first kappa shape index (κ1) is 13.8. The molecular weight excluding hydrogens is 360 g/mol. The standard InChI is InChI=1S/C10H8BrClN2O2S2/c1-6-13-5-10(17-6)18(15,16)14-9-4-7(11)2-3-8(9)12/h2-5,14H,1H3. The van der Waals surface area contributed by atoms with E-state index in [0.29, 0.717) is 15.7 Å². The summed E-state index contributed by atoms with van der Waals surface area (Å²) in [5, 5.41) is 1.03. The minimum Gasteiger partial charge on any atom is -0.277 e. The smallest absolute Gasteiger partial charge is 0.273 e. The number of hydrogen-bond acceptors (Lipinski definition) is 4. The molecule has 0 aliphatic rings. The molecule has 0 saturated carbocycles. The number of halogens is 2. The van der Waals surface area contributed by atoms with Crippen LogP contribution in [0.1, 0.15) is 5.01 Å². The van der Waals surface area contributed by atoms with Gasteiger partial charge in [-0.05, 0) is 25.1 Å². The summed E-state index contributed by atoms with van der Waals surface area (Å²) in [6, 6.07) is 4.95. The molecule has 2 aromatic rings. The summed E-state index contributed by atoms with van der Waals surface area (Å²) in [5.74, 6) is 0. The van der Waals surface area contributed by atoms with Crippen LogP contribution in [0.15, 0.2) is 33.1 Å². The predicted octanol–water partition coefficient (Wildman–Crippen LogP) is 3.67. The van der Waals surface area contributed by atoms with E-state index in [1.54, 1.807) is 25.1 Å². The fourth-order valence-electron chi connectivity index (χ4n) is 1.24. The van der Waals surface area contributed by atoms with Gasteiger partial charge in [-0.15, -0.1) is 11.3 Å². The van der Waals surface area contributed by atoms with Gasteiger partial charge >= 0.3 is 0 Å². The maximum Gasteiger partial charge on any atom is 0.273 e. The third-order valence-electron chi connectivity index (χ3n) is 2.04. The third kappa shape index (κ3) is 3.03. The van der Waals surface area contributed by atoms with E-state index in [-0.39, 0.29) is 4.21 Å². The molecule has 4 nitrogen and oxygen atoms in total. The molecule has 1 aromatic carbocycles. The van der Waals surface area contributed by atoms with Crippen LogP contribution in [0.3, 0.4) is 0 Å². The van der Waals surface area contributed by atoms with Gasteiger partial charge in [0, 0.05) is 4.47 Å². The second-order valence-corrected chi connectivity index (χ2v) is 7.89. The highest BCUT2D eigenvalue weighted by molar-refractivity contribution is 9.10. The predicted molar refractivity (Wildman–Crippen MR) is 76.8 cm³/mol. The first-order valence-electron chi connectivity index (χ1n) is 4.79. The fourth-order valence-corrected chi connectivity index (χ4v) is 4.00. The molecule has 0 atom stereocenters. The zero-order valence-electron chi connectivity index (χ0n) is 9.15. The van der Waals surface area contributed by atoms with Crippen molar-refractivity contribution in [2.24, 2.45) is 0 Å². The lowest BCUT2D eigenvalue weighted by atomic mass is 10.3. The van der Waals surface area contributed by atoms with Crippen LogP contribution in [0.4, 0.5) is 5.69 Å². The van der Waals surface area contributed by atoms with Gasteiger partial charge in [0.05, 0.1) is 21.9 Å². The molecule has 0 amide bonds. The van der Waals surface area contributed by atoms with Gasteiger partial charge in [0.15, 0.2) is 4.21 Å². The Morgan fingerprint density at radius 1 is 1.44 bits per heavy atom. The highest BCUT2D eigenvalue weighted by Gasteiger charge is 2.18. The molecule has 2 rings (SSSR count). The molecule has 18 heavy (non-hydrogen) atoms. The van der Waals surface area contributed by atoms with Gasteiger partial charge < -0.3 is 0 Å². The molecule has 96 valence electrons. The number of nitrogens with one attached hydrogen (secondary N) is 1. The van der Waals surface area contributed by atoms with Gasteiger partial charge in [0.25, 0.3) is 10.0 Å². The number of nitrogens with zero attached hydrogens (tertiary/aromatic N) is 1. The second-order valence-electron chi connectivity index (χ2n) is 3.43. The normalized spacial score (nSPS) is 11.5. The molecule has 0 spiro atoms. The van der Waals surface area contributed by atoms with Gasteiger partial charge in [-0.3, -0.25) is 4.72 Å². The van der Waals surface area contributed by atoms with Gasteiger partial charge in [-0.25, -0.2) is 13.4 Å². The molecule has 0 unspecified atom stereocenters. The Morgan fingerprint density at radius 2 is 2.17 bits per heavy atom. The molecule has 0 aliphatic heterocycles. The zero-order valence-corrected chi connectivity index (χ0v) is 13.1. The second kappa shape index (κ2) is 5.16. The van der Waals surface area contributed by atoms with Crippen LogP contribution in [-0.2, 0) is 10.0 Å². The summed E-state index contributed by atoms with van der Waals surface area (Å²) in [4.78, 5) is 3.92. The number of aromatic nitrogens is 1. The van der Waals surface area contributed by atoms with Crippen molar-refractivity contribution in [3.8, 4) is 0 Å². The molecule has 0 saturated heterocycles. The Morgan fingerprint density at radius 3 is 2.78 bits per heavy atom. The molecule has 1 aromatic heterocycles. The highest BCUT2D eigenvalue weighted by atomic mass is 79.9. The minimum absolute atomic E-state index is 0.163.